The number of hydrogen-bond donors (Lipinski definition) is 2. The summed E-state index contributed by atoms with van der Waals surface area (Å²) in [5, 5.41) is 10.3. The predicted octanol–water partition coefficient (Wildman–Crippen LogP) is 2.10. The molecule has 3 N–H and O–H groups in total. The lowest BCUT2D eigenvalue weighted by Crippen LogP contribution is -2.42. The maximum atomic E-state index is 13.3. The second-order valence-corrected chi connectivity index (χ2v) is 8.36. The van der Waals surface area contributed by atoms with Gasteiger partial charge in [-0.05, 0) is 40.9 Å². The molecule has 21 heavy (non-hydrogen) atoms. The van der Waals surface area contributed by atoms with E-state index >= 15 is 0 Å². The minimum absolute atomic E-state index is 0.0130. The maximum Gasteiger partial charge on any atom is 0.244 e. The highest BCUT2D eigenvalue weighted by molar-refractivity contribution is 9.10. The third kappa shape index (κ3) is 3.39. The normalized spacial score (nSPS) is 18.3. The number of nitrogens with zero attached hydrogens (tertiary/aromatic N) is 1. The van der Waals surface area contributed by atoms with Gasteiger partial charge in [-0.3, -0.25) is 0 Å². The van der Waals surface area contributed by atoms with E-state index in [9.17, 15) is 17.9 Å². The Morgan fingerprint density at radius 3 is 2.57 bits per heavy atom. The van der Waals surface area contributed by atoms with Crippen LogP contribution < -0.4 is 5.73 Å². The summed E-state index contributed by atoms with van der Waals surface area (Å²) in [4.78, 5) is -0.106. The molecule has 5 nitrogen and oxygen atoms in total. The summed E-state index contributed by atoms with van der Waals surface area (Å²) in [5.41, 5.74) is 4.23. The minimum atomic E-state index is -3.85. The first-order chi connectivity index (χ1) is 9.66. The Balaban J connectivity index is 2.31. The van der Waals surface area contributed by atoms with Crippen LogP contribution in [0.3, 0.4) is 0 Å². The number of benzene rings is 1. The molecule has 1 saturated carbocycles. The maximum absolute atomic E-state index is 13.3. The fourth-order valence-corrected chi connectivity index (χ4v) is 4.86. The van der Waals surface area contributed by atoms with Crippen LogP contribution in [0.25, 0.3) is 0 Å². The standard InChI is InChI=1S/C13H18BrFN2O3S/c1-17(8-13(18)4-2-3-5-13)21(19,20)12-7-11(16)10(15)6-9(12)14/h6-7,18H,2-5,8,16H2,1H3. The molecule has 0 aliphatic heterocycles. The topological polar surface area (TPSA) is 83.6 Å². The van der Waals surface area contributed by atoms with Crippen LogP contribution in [0, 0.1) is 5.82 Å². The Morgan fingerprint density at radius 2 is 2.00 bits per heavy atom. The Labute approximate surface area is 132 Å². The Kier molecular flexibility index (Phi) is 4.63. The van der Waals surface area contributed by atoms with Crippen LogP contribution >= 0.6 is 15.9 Å². The van der Waals surface area contributed by atoms with Crippen molar-refractivity contribution in [2.45, 2.75) is 36.2 Å². The van der Waals surface area contributed by atoms with Gasteiger partial charge >= 0.3 is 0 Å². The summed E-state index contributed by atoms with van der Waals surface area (Å²) >= 11 is 3.05. The van der Waals surface area contributed by atoms with Gasteiger partial charge in [0.2, 0.25) is 10.0 Å². The lowest BCUT2D eigenvalue weighted by molar-refractivity contribution is 0.0333. The summed E-state index contributed by atoms with van der Waals surface area (Å²) in [6.07, 6.45) is 2.94. The summed E-state index contributed by atoms with van der Waals surface area (Å²) in [6.45, 7) is 0.0130. The Morgan fingerprint density at radius 1 is 1.43 bits per heavy atom. The minimum Gasteiger partial charge on any atom is -0.396 e. The second-order valence-electron chi connectivity index (χ2n) is 5.50. The highest BCUT2D eigenvalue weighted by Gasteiger charge is 2.36. The van der Waals surface area contributed by atoms with Crippen molar-refractivity contribution in [1.82, 2.24) is 4.31 Å². The quantitative estimate of drug-likeness (QED) is 0.783. The Bertz CT molecular complexity index is 645. The van der Waals surface area contributed by atoms with Crippen molar-refractivity contribution in [3.05, 3.63) is 22.4 Å². The molecule has 0 aromatic heterocycles. The number of hydrogen-bond acceptors (Lipinski definition) is 4. The molecule has 2 rings (SSSR count). The van der Waals surface area contributed by atoms with Gasteiger partial charge in [-0.15, -0.1) is 0 Å². The smallest absolute Gasteiger partial charge is 0.244 e. The van der Waals surface area contributed by atoms with Crippen molar-refractivity contribution in [3.8, 4) is 0 Å². The van der Waals surface area contributed by atoms with E-state index in [4.69, 9.17) is 5.73 Å². The van der Waals surface area contributed by atoms with E-state index in [1.54, 1.807) is 0 Å². The van der Waals surface area contributed by atoms with Crippen molar-refractivity contribution in [3.63, 3.8) is 0 Å². The zero-order valence-corrected chi connectivity index (χ0v) is 14.0. The fraction of sp³-hybridized carbons (Fsp3) is 0.538. The molecule has 1 aromatic rings. The number of sulfonamides is 1. The van der Waals surface area contributed by atoms with Gasteiger partial charge in [0.15, 0.2) is 0 Å². The summed E-state index contributed by atoms with van der Waals surface area (Å²) in [7, 11) is -2.45. The average molecular weight is 381 g/mol. The van der Waals surface area contributed by atoms with Crippen LogP contribution in [0.2, 0.25) is 0 Å². The average Bonchev–Trinajstić information content (AvgIpc) is 2.80. The lowest BCUT2D eigenvalue weighted by Gasteiger charge is -2.28. The Hall–Kier alpha value is -0.700. The molecule has 1 aliphatic carbocycles. The van der Waals surface area contributed by atoms with Gasteiger partial charge in [0.1, 0.15) is 5.82 Å². The molecule has 0 bridgehead atoms. The van der Waals surface area contributed by atoms with Crippen molar-refractivity contribution in [1.29, 1.82) is 0 Å². The molecule has 0 unspecified atom stereocenters. The van der Waals surface area contributed by atoms with Gasteiger partial charge in [0, 0.05) is 18.1 Å². The van der Waals surface area contributed by atoms with Crippen LogP contribution in [0.1, 0.15) is 25.7 Å². The third-order valence-corrected chi connectivity index (χ3v) is 6.55. The summed E-state index contributed by atoms with van der Waals surface area (Å²) < 4.78 is 39.6. The van der Waals surface area contributed by atoms with Crippen molar-refractivity contribution in [2.24, 2.45) is 0 Å². The first-order valence-electron chi connectivity index (χ1n) is 6.59. The van der Waals surface area contributed by atoms with E-state index in [1.165, 1.54) is 7.05 Å². The molecular formula is C13H18BrFN2O3S. The first kappa shape index (κ1) is 16.7. The van der Waals surface area contributed by atoms with Crippen molar-refractivity contribution < 1.29 is 17.9 Å². The molecule has 1 aromatic carbocycles. The molecule has 0 atom stereocenters. The van der Waals surface area contributed by atoms with Crippen LogP contribution in [0.4, 0.5) is 10.1 Å². The molecule has 118 valence electrons. The van der Waals surface area contributed by atoms with Gasteiger partial charge in [-0.25, -0.2) is 12.8 Å². The van der Waals surface area contributed by atoms with E-state index < -0.39 is 21.4 Å². The van der Waals surface area contributed by atoms with Crippen LogP contribution in [-0.4, -0.2) is 37.0 Å². The van der Waals surface area contributed by atoms with Gasteiger partial charge < -0.3 is 10.8 Å². The number of nitrogens with two attached hydrogens (primary N) is 1. The SMILES string of the molecule is CN(CC1(O)CCCC1)S(=O)(=O)c1cc(N)c(F)cc1Br. The third-order valence-electron chi connectivity index (χ3n) is 3.79. The van der Waals surface area contributed by atoms with Gasteiger partial charge in [-0.2, -0.15) is 4.31 Å². The zero-order chi connectivity index (χ0) is 15.8. The van der Waals surface area contributed by atoms with Crippen molar-refractivity contribution >= 4 is 31.6 Å². The van der Waals surface area contributed by atoms with Gasteiger partial charge in [0.25, 0.3) is 0 Å². The van der Waals surface area contributed by atoms with Gasteiger partial charge in [0.05, 0.1) is 16.2 Å². The number of nitrogen functional groups attached to an aromatic ring is 1. The van der Waals surface area contributed by atoms with E-state index in [1.807, 2.05) is 0 Å². The van der Waals surface area contributed by atoms with E-state index in [-0.39, 0.29) is 21.6 Å². The molecule has 8 heteroatoms. The number of aliphatic hydroxyl groups is 1. The molecule has 0 saturated heterocycles. The number of anilines is 1. The fourth-order valence-electron chi connectivity index (χ4n) is 2.60. The molecule has 0 radical (unpaired) electrons. The molecule has 0 amide bonds. The van der Waals surface area contributed by atoms with Gasteiger partial charge in [-0.1, -0.05) is 12.8 Å². The predicted molar refractivity (Wildman–Crippen MR) is 81.7 cm³/mol. The number of rotatable bonds is 4. The van der Waals surface area contributed by atoms with Crippen molar-refractivity contribution in [2.75, 3.05) is 19.3 Å². The second kappa shape index (κ2) is 5.83. The molecular weight excluding hydrogens is 363 g/mol. The van der Waals surface area contributed by atoms with E-state index in [0.717, 1.165) is 29.3 Å². The monoisotopic (exact) mass is 380 g/mol. The highest BCUT2D eigenvalue weighted by atomic mass is 79.9. The number of likely N-dealkylation sites (N-methyl/N-ethyl adjacent to an activating group) is 1. The van der Waals surface area contributed by atoms with Crippen LogP contribution in [-0.2, 0) is 10.0 Å². The summed E-state index contributed by atoms with van der Waals surface area (Å²) in [5.74, 6) is -0.683. The largest absolute Gasteiger partial charge is 0.396 e. The first-order valence-corrected chi connectivity index (χ1v) is 8.82. The van der Waals surface area contributed by atoms with E-state index in [0.29, 0.717) is 12.8 Å². The molecule has 0 spiro atoms. The van der Waals surface area contributed by atoms with E-state index in [2.05, 4.69) is 15.9 Å². The molecule has 0 heterocycles. The summed E-state index contributed by atoms with van der Waals surface area (Å²) in [6, 6.07) is 2.12. The number of halogens is 2. The van der Waals surface area contributed by atoms with Crippen LogP contribution in [0.15, 0.2) is 21.5 Å². The zero-order valence-electron chi connectivity index (χ0n) is 11.6. The lowest BCUT2D eigenvalue weighted by atomic mass is 10.0. The molecule has 1 fully saturated rings. The highest BCUT2D eigenvalue weighted by Crippen LogP contribution is 2.33. The molecule has 1 aliphatic rings. The van der Waals surface area contributed by atoms with Crippen LogP contribution in [0.5, 0.6) is 0 Å².